The van der Waals surface area contributed by atoms with Crippen molar-refractivity contribution in [1.29, 1.82) is 0 Å². The van der Waals surface area contributed by atoms with Gasteiger partial charge in [0.05, 0.1) is 12.2 Å². The summed E-state index contributed by atoms with van der Waals surface area (Å²) < 4.78 is 5.90. The van der Waals surface area contributed by atoms with Crippen LogP contribution < -0.4 is 10.5 Å². The fourth-order valence-corrected chi connectivity index (χ4v) is 3.21. The van der Waals surface area contributed by atoms with Crippen molar-refractivity contribution in [2.75, 3.05) is 19.7 Å². The molecule has 25 heavy (non-hydrogen) atoms. The lowest BCUT2D eigenvalue weighted by molar-refractivity contribution is 0.200. The molecule has 0 saturated heterocycles. The maximum atomic E-state index is 6.31. The zero-order valence-electron chi connectivity index (χ0n) is 15.5. The van der Waals surface area contributed by atoms with E-state index in [0.29, 0.717) is 6.61 Å². The molecule has 0 radical (unpaired) electrons. The van der Waals surface area contributed by atoms with E-state index in [9.17, 15) is 0 Å². The lowest BCUT2D eigenvalue weighted by Crippen LogP contribution is -2.43. The highest BCUT2D eigenvalue weighted by molar-refractivity contribution is 5.29. The molecule has 0 unspecified atom stereocenters. The van der Waals surface area contributed by atoms with Gasteiger partial charge in [-0.3, -0.25) is 9.88 Å². The van der Waals surface area contributed by atoms with Gasteiger partial charge in [0.1, 0.15) is 12.4 Å². The van der Waals surface area contributed by atoms with Crippen LogP contribution in [0.25, 0.3) is 0 Å². The lowest BCUT2D eigenvalue weighted by Gasteiger charge is -2.30. The number of nitrogens with zero attached hydrogens (tertiary/aromatic N) is 2. The van der Waals surface area contributed by atoms with Gasteiger partial charge >= 0.3 is 0 Å². The van der Waals surface area contributed by atoms with Crippen LogP contribution in [0.15, 0.2) is 42.7 Å². The van der Waals surface area contributed by atoms with Crippen LogP contribution in [0.1, 0.15) is 37.5 Å². The summed E-state index contributed by atoms with van der Waals surface area (Å²) in [5.41, 5.74) is 10.4. The minimum atomic E-state index is -0.0106. The van der Waals surface area contributed by atoms with E-state index in [-0.39, 0.29) is 11.5 Å². The highest BCUT2D eigenvalue weighted by atomic mass is 16.5. The van der Waals surface area contributed by atoms with Crippen LogP contribution in [0.3, 0.4) is 0 Å². The summed E-state index contributed by atoms with van der Waals surface area (Å²) in [6.07, 6.45) is 4.76. The number of rotatable bonds is 5. The predicted molar refractivity (Wildman–Crippen MR) is 102 cm³/mol. The number of ether oxygens (including phenoxy) is 1. The fourth-order valence-electron chi connectivity index (χ4n) is 3.21. The summed E-state index contributed by atoms with van der Waals surface area (Å²) in [5, 5.41) is 0. The molecular weight excluding hydrogens is 310 g/mol. The van der Waals surface area contributed by atoms with Gasteiger partial charge in [0, 0.05) is 25.8 Å². The molecule has 0 saturated carbocycles. The molecule has 0 fully saturated rings. The first-order valence-electron chi connectivity index (χ1n) is 9.05. The van der Waals surface area contributed by atoms with E-state index in [2.05, 4.69) is 61.0 Å². The normalized spacial score (nSPS) is 16.3. The van der Waals surface area contributed by atoms with Crippen LogP contribution in [0.2, 0.25) is 0 Å². The quantitative estimate of drug-likeness (QED) is 0.909. The summed E-state index contributed by atoms with van der Waals surface area (Å²) >= 11 is 0. The van der Waals surface area contributed by atoms with Crippen molar-refractivity contribution >= 4 is 0 Å². The van der Waals surface area contributed by atoms with E-state index < -0.39 is 0 Å². The summed E-state index contributed by atoms with van der Waals surface area (Å²) in [6, 6.07) is 10.7. The molecule has 1 aromatic heterocycles. The number of fused-ring (bicyclic) bond motifs is 1. The highest BCUT2D eigenvalue weighted by Gasteiger charge is 2.19. The first-order valence-corrected chi connectivity index (χ1v) is 9.05. The Kier molecular flexibility index (Phi) is 5.40. The molecule has 1 aliphatic heterocycles. The van der Waals surface area contributed by atoms with Gasteiger partial charge in [-0.1, -0.05) is 45.0 Å². The Labute approximate surface area is 151 Å². The van der Waals surface area contributed by atoms with Gasteiger partial charge in [0.25, 0.3) is 0 Å². The van der Waals surface area contributed by atoms with E-state index in [0.717, 1.165) is 31.8 Å². The van der Waals surface area contributed by atoms with Crippen molar-refractivity contribution in [3.63, 3.8) is 0 Å². The van der Waals surface area contributed by atoms with E-state index in [1.807, 2.05) is 6.20 Å². The zero-order chi connectivity index (χ0) is 17.9. The van der Waals surface area contributed by atoms with E-state index >= 15 is 0 Å². The molecular formula is C21H29N3O. The Morgan fingerprint density at radius 2 is 1.96 bits per heavy atom. The Hall–Kier alpha value is -1.91. The molecule has 4 nitrogen and oxygen atoms in total. The van der Waals surface area contributed by atoms with Crippen LogP contribution in [0.4, 0.5) is 0 Å². The third-order valence-electron chi connectivity index (χ3n) is 4.75. The average Bonchev–Trinajstić information content (AvgIpc) is 2.59. The molecule has 134 valence electrons. The molecule has 1 aliphatic rings. The van der Waals surface area contributed by atoms with Crippen molar-refractivity contribution in [1.82, 2.24) is 9.88 Å². The summed E-state index contributed by atoms with van der Waals surface area (Å²) in [7, 11) is 0. The number of hydrogen-bond donors (Lipinski definition) is 1. The van der Waals surface area contributed by atoms with Gasteiger partial charge in [-0.25, -0.2) is 0 Å². The Balaban J connectivity index is 1.51. The maximum absolute atomic E-state index is 6.31. The monoisotopic (exact) mass is 339 g/mol. The summed E-state index contributed by atoms with van der Waals surface area (Å²) in [5.74, 6) is 0.798. The van der Waals surface area contributed by atoms with Crippen LogP contribution in [0, 0.1) is 0 Å². The minimum Gasteiger partial charge on any atom is -0.490 e. The fraction of sp³-hybridized carbons (Fsp3) is 0.476. The lowest BCUT2D eigenvalue weighted by atomic mass is 9.88. The van der Waals surface area contributed by atoms with Gasteiger partial charge in [-0.05, 0) is 34.6 Å². The van der Waals surface area contributed by atoms with E-state index in [1.165, 1.54) is 16.7 Å². The molecule has 2 N–H and O–H groups in total. The van der Waals surface area contributed by atoms with E-state index in [4.69, 9.17) is 10.5 Å². The first kappa shape index (κ1) is 17.9. The second-order valence-electron chi connectivity index (χ2n) is 7.98. The Morgan fingerprint density at radius 3 is 2.72 bits per heavy atom. The van der Waals surface area contributed by atoms with Crippen molar-refractivity contribution in [3.05, 3.63) is 59.4 Å². The van der Waals surface area contributed by atoms with Crippen molar-refractivity contribution in [2.45, 2.75) is 45.2 Å². The summed E-state index contributed by atoms with van der Waals surface area (Å²) in [6.45, 7) is 9.92. The van der Waals surface area contributed by atoms with Gasteiger partial charge in [0.15, 0.2) is 0 Å². The number of pyridine rings is 1. The highest BCUT2D eigenvalue weighted by Crippen LogP contribution is 2.24. The second kappa shape index (κ2) is 7.54. The Morgan fingerprint density at radius 1 is 1.20 bits per heavy atom. The van der Waals surface area contributed by atoms with Crippen molar-refractivity contribution in [2.24, 2.45) is 5.73 Å². The molecule has 3 rings (SSSR count). The number of benzene rings is 1. The molecule has 2 heterocycles. The molecule has 1 atom stereocenters. The smallest absolute Gasteiger partial charge is 0.137 e. The van der Waals surface area contributed by atoms with Crippen LogP contribution in [0.5, 0.6) is 5.75 Å². The predicted octanol–water partition coefficient (Wildman–Crippen LogP) is 3.14. The second-order valence-corrected chi connectivity index (χ2v) is 7.98. The van der Waals surface area contributed by atoms with Crippen molar-refractivity contribution < 1.29 is 4.74 Å². The first-order chi connectivity index (χ1) is 11.9. The minimum absolute atomic E-state index is 0.0106. The molecule has 0 amide bonds. The molecule has 0 aliphatic carbocycles. The van der Waals surface area contributed by atoms with Crippen molar-refractivity contribution in [3.8, 4) is 5.75 Å². The molecule has 4 heteroatoms. The van der Waals surface area contributed by atoms with Crippen LogP contribution in [-0.2, 0) is 18.4 Å². The van der Waals surface area contributed by atoms with Gasteiger partial charge < -0.3 is 10.5 Å². The third kappa shape index (κ3) is 4.80. The molecule has 0 bridgehead atoms. The van der Waals surface area contributed by atoms with Gasteiger partial charge in [-0.15, -0.1) is 0 Å². The Bertz CT molecular complexity index is 708. The number of nitrogens with two attached hydrogens (primary N) is 1. The average molecular weight is 339 g/mol. The summed E-state index contributed by atoms with van der Waals surface area (Å²) in [4.78, 5) is 6.71. The largest absolute Gasteiger partial charge is 0.490 e. The topological polar surface area (TPSA) is 51.4 Å². The van der Waals surface area contributed by atoms with Crippen LogP contribution >= 0.6 is 0 Å². The SMILES string of the molecule is CC(C)(C)c1cncc(OC[C@@H](N)CN2CCc3ccccc3C2)c1. The third-order valence-corrected chi connectivity index (χ3v) is 4.75. The molecule has 0 spiro atoms. The van der Waals surface area contributed by atoms with Gasteiger partial charge in [0.2, 0.25) is 0 Å². The zero-order valence-corrected chi connectivity index (χ0v) is 15.5. The van der Waals surface area contributed by atoms with Gasteiger partial charge in [-0.2, -0.15) is 0 Å². The molecule has 1 aromatic carbocycles. The number of hydrogen-bond acceptors (Lipinski definition) is 4. The molecule has 2 aromatic rings. The van der Waals surface area contributed by atoms with Crippen LogP contribution in [-0.4, -0.2) is 35.6 Å². The number of aromatic nitrogens is 1. The standard InChI is InChI=1S/C21H29N3O/c1-21(2,3)18-10-20(12-23-11-18)25-15-19(22)14-24-9-8-16-6-4-5-7-17(16)13-24/h4-7,10-12,19H,8-9,13-15,22H2,1-3H3/t19-/m0/s1. The van der Waals surface area contributed by atoms with E-state index in [1.54, 1.807) is 6.20 Å². The maximum Gasteiger partial charge on any atom is 0.137 e.